The largest absolute Gasteiger partial charge is 0.504 e. The highest BCUT2D eigenvalue weighted by Gasteiger charge is 2.36. The molecule has 31 heavy (non-hydrogen) atoms. The van der Waals surface area contributed by atoms with E-state index in [0.29, 0.717) is 0 Å². The Hall–Kier alpha value is -4.48. The molecule has 3 aromatic rings. The van der Waals surface area contributed by atoms with Gasteiger partial charge in [0.15, 0.2) is 17.8 Å². The lowest BCUT2D eigenvalue weighted by molar-refractivity contribution is -0.357. The van der Waals surface area contributed by atoms with E-state index in [0.717, 1.165) is 0 Å². The van der Waals surface area contributed by atoms with E-state index in [1.807, 2.05) is 16.0 Å². The standard InChI is InChI=1S/C17H13N7O7/c1-3-30-16(31-3)4(2-18)12-19-6-7(20-12)11(26)9-8(10(6)25)21-13(22-9)5-14(27)23-17(29)24-15(5)28/h3,16,19-20,25-26H,1H3,(H,21,22)(H3,23,24,27,28,29). The maximum absolute atomic E-state index is 12.1. The normalized spacial score (nSPS) is 21.0. The summed E-state index contributed by atoms with van der Waals surface area (Å²) in [5.41, 5.74) is -2.30. The highest BCUT2D eigenvalue weighted by Crippen LogP contribution is 2.50. The quantitative estimate of drug-likeness (QED) is 0.155. The summed E-state index contributed by atoms with van der Waals surface area (Å²) in [5, 5.41) is 46.3. The Morgan fingerprint density at radius 3 is 2.35 bits per heavy atom. The van der Waals surface area contributed by atoms with E-state index < -0.39 is 41.0 Å². The predicted octanol–water partition coefficient (Wildman–Crippen LogP) is 0.0148. The summed E-state index contributed by atoms with van der Waals surface area (Å²) in [5.74, 6) is -1.60. The Labute approximate surface area is 170 Å². The van der Waals surface area contributed by atoms with Crippen LogP contribution in [0.4, 0.5) is 11.4 Å². The minimum Gasteiger partial charge on any atom is -0.504 e. The number of aromatic amines is 3. The van der Waals surface area contributed by atoms with Gasteiger partial charge in [-0.25, -0.2) is 9.78 Å². The van der Waals surface area contributed by atoms with Crippen molar-refractivity contribution in [1.29, 1.82) is 5.26 Å². The van der Waals surface area contributed by atoms with Gasteiger partial charge in [0.1, 0.15) is 51.3 Å². The third-order valence-electron chi connectivity index (χ3n) is 4.80. The summed E-state index contributed by atoms with van der Waals surface area (Å²) in [6, 6.07) is 1.95. The molecule has 2 aromatic heterocycles. The molecule has 8 N–H and O–H groups in total. The number of rotatable bonds is 2. The van der Waals surface area contributed by atoms with Crippen molar-refractivity contribution in [2.75, 3.05) is 10.6 Å². The molecule has 4 heterocycles. The number of benzene rings is 1. The Morgan fingerprint density at radius 2 is 1.74 bits per heavy atom. The molecule has 0 unspecified atom stereocenters. The number of nitriles is 1. The second kappa shape index (κ2) is 6.26. The van der Waals surface area contributed by atoms with Crippen molar-refractivity contribution in [2.24, 2.45) is 0 Å². The monoisotopic (exact) mass is 427 g/mol. The summed E-state index contributed by atoms with van der Waals surface area (Å²) < 4.78 is 10.6. The Kier molecular flexibility index (Phi) is 3.74. The van der Waals surface area contributed by atoms with Crippen molar-refractivity contribution in [3.05, 3.63) is 32.2 Å². The number of phenols is 2. The molecule has 2 aliphatic heterocycles. The van der Waals surface area contributed by atoms with Crippen molar-refractivity contribution in [1.82, 2.24) is 19.9 Å². The zero-order chi connectivity index (χ0) is 22.0. The van der Waals surface area contributed by atoms with Crippen LogP contribution >= 0.6 is 0 Å². The van der Waals surface area contributed by atoms with Gasteiger partial charge >= 0.3 is 5.69 Å². The van der Waals surface area contributed by atoms with E-state index in [2.05, 4.69) is 20.6 Å². The van der Waals surface area contributed by atoms with Gasteiger partial charge in [0.25, 0.3) is 5.56 Å². The van der Waals surface area contributed by atoms with Gasteiger partial charge in [0.05, 0.1) is 0 Å². The van der Waals surface area contributed by atoms with Gasteiger partial charge in [-0.1, -0.05) is 0 Å². The lowest BCUT2D eigenvalue weighted by Crippen LogP contribution is -2.40. The van der Waals surface area contributed by atoms with Gasteiger partial charge in [-0.3, -0.25) is 14.8 Å². The second-order valence-electron chi connectivity index (χ2n) is 6.71. The molecule has 0 aliphatic carbocycles. The highest BCUT2D eigenvalue weighted by atomic mass is 16.9. The molecule has 1 aromatic carbocycles. The van der Waals surface area contributed by atoms with Gasteiger partial charge in [-0.15, -0.1) is 0 Å². The lowest BCUT2D eigenvalue weighted by atomic mass is 10.2. The Morgan fingerprint density at radius 1 is 1.06 bits per heavy atom. The van der Waals surface area contributed by atoms with Crippen LogP contribution in [-0.4, -0.2) is 47.8 Å². The van der Waals surface area contributed by atoms with Gasteiger partial charge in [-0.2, -0.15) is 5.26 Å². The Bertz CT molecular complexity index is 1400. The highest BCUT2D eigenvalue weighted by molar-refractivity contribution is 6.05. The zero-order valence-corrected chi connectivity index (χ0v) is 15.5. The van der Waals surface area contributed by atoms with Gasteiger partial charge in [0.2, 0.25) is 12.2 Å². The Balaban J connectivity index is 1.64. The van der Waals surface area contributed by atoms with Gasteiger partial charge in [-0.05, 0) is 6.92 Å². The molecule has 14 heteroatoms. The minimum absolute atomic E-state index is 0.0257. The number of phenolic OH excluding ortho intramolecular Hbond substituents is 2. The van der Waals surface area contributed by atoms with Crippen molar-refractivity contribution < 1.29 is 24.8 Å². The number of nitrogens with zero attached hydrogens (tertiary/aromatic N) is 2. The van der Waals surface area contributed by atoms with E-state index in [1.165, 1.54) is 0 Å². The minimum atomic E-state index is -0.929. The maximum Gasteiger partial charge on any atom is 0.328 e. The number of H-pyrrole nitrogens is 3. The molecule has 14 nitrogen and oxygen atoms in total. The number of nitrogens with one attached hydrogen (secondary N) is 5. The van der Waals surface area contributed by atoms with Crippen LogP contribution in [0.3, 0.4) is 0 Å². The summed E-state index contributed by atoms with van der Waals surface area (Å²) in [4.78, 5) is 34.0. The van der Waals surface area contributed by atoms with Gasteiger partial charge < -0.3 is 40.4 Å². The van der Waals surface area contributed by atoms with Crippen molar-refractivity contribution in [3.8, 4) is 34.8 Å². The number of ether oxygens (including phenoxy) is 2. The third kappa shape index (κ3) is 2.61. The molecular weight excluding hydrogens is 414 g/mol. The molecule has 2 aliphatic rings. The molecule has 0 amide bonds. The van der Waals surface area contributed by atoms with E-state index in [-0.39, 0.29) is 45.4 Å². The molecule has 1 fully saturated rings. The topological polar surface area (TPSA) is 221 Å². The number of imidazole rings is 1. The first-order valence-corrected chi connectivity index (χ1v) is 8.81. The van der Waals surface area contributed by atoms with Gasteiger partial charge in [0, 0.05) is 0 Å². The van der Waals surface area contributed by atoms with Crippen LogP contribution in [-0.2, 0) is 9.47 Å². The molecule has 5 rings (SSSR count). The van der Waals surface area contributed by atoms with E-state index in [1.54, 1.807) is 6.92 Å². The van der Waals surface area contributed by atoms with Crippen LogP contribution in [0.2, 0.25) is 0 Å². The first-order valence-electron chi connectivity index (χ1n) is 8.81. The smallest absolute Gasteiger partial charge is 0.328 e. The molecule has 158 valence electrons. The third-order valence-corrected chi connectivity index (χ3v) is 4.80. The van der Waals surface area contributed by atoms with Crippen LogP contribution < -0.4 is 21.9 Å². The SMILES string of the molecule is CC1OC(C(C#N)=C2Nc3c(c(O)c4[nH]c(-c5c(O)[nH]c(=O)[nH]c5=O)nc4c3O)N2)O1. The maximum atomic E-state index is 12.1. The molecule has 0 spiro atoms. The lowest BCUT2D eigenvalue weighted by Gasteiger charge is -2.33. The average Bonchev–Trinajstić information content (AvgIpc) is 3.30. The van der Waals surface area contributed by atoms with Crippen LogP contribution in [0.25, 0.3) is 22.4 Å². The second-order valence-corrected chi connectivity index (χ2v) is 6.71. The molecule has 0 saturated carbocycles. The predicted molar refractivity (Wildman–Crippen MR) is 103 cm³/mol. The fourth-order valence-electron chi connectivity index (χ4n) is 3.39. The van der Waals surface area contributed by atoms with E-state index >= 15 is 0 Å². The summed E-state index contributed by atoms with van der Waals surface area (Å²) >= 11 is 0. The molecular formula is C17H13N7O7. The summed E-state index contributed by atoms with van der Waals surface area (Å²) in [6.07, 6.45) is -1.37. The fraction of sp³-hybridized carbons (Fsp3) is 0.176. The number of aromatic hydroxyl groups is 3. The van der Waals surface area contributed by atoms with Crippen LogP contribution in [0.15, 0.2) is 21.0 Å². The van der Waals surface area contributed by atoms with E-state index in [9.17, 15) is 30.2 Å². The molecule has 0 bridgehead atoms. The molecule has 0 atom stereocenters. The van der Waals surface area contributed by atoms with Crippen LogP contribution in [0.1, 0.15) is 6.92 Å². The zero-order valence-electron chi connectivity index (χ0n) is 15.5. The van der Waals surface area contributed by atoms with Crippen molar-refractivity contribution in [3.63, 3.8) is 0 Å². The first kappa shape index (κ1) is 18.5. The van der Waals surface area contributed by atoms with Crippen LogP contribution in [0, 0.1) is 11.3 Å². The molecule has 0 radical (unpaired) electrons. The van der Waals surface area contributed by atoms with Crippen molar-refractivity contribution in [2.45, 2.75) is 19.5 Å². The van der Waals surface area contributed by atoms with Crippen LogP contribution in [0.5, 0.6) is 17.4 Å². The number of aromatic nitrogens is 4. The molecule has 1 saturated heterocycles. The average molecular weight is 427 g/mol. The number of hydrogen-bond acceptors (Lipinski definition) is 11. The summed E-state index contributed by atoms with van der Waals surface area (Å²) in [7, 11) is 0. The first-order chi connectivity index (χ1) is 14.8. The van der Waals surface area contributed by atoms with Crippen molar-refractivity contribution >= 4 is 22.4 Å². The number of fused-ring (bicyclic) bond motifs is 2. The number of hydrogen-bond donors (Lipinski definition) is 8. The summed E-state index contributed by atoms with van der Waals surface area (Å²) in [6.45, 7) is 1.66. The fourth-order valence-corrected chi connectivity index (χ4v) is 3.39. The number of anilines is 2. The van der Waals surface area contributed by atoms with E-state index in [4.69, 9.17) is 9.47 Å².